The molecule has 2 N–H and O–H groups in total. The molecule has 0 aromatic heterocycles. The molecule has 0 spiro atoms. The maximum Gasteiger partial charge on any atom is 0.307 e. The van der Waals surface area contributed by atoms with Crippen molar-refractivity contribution in [1.82, 2.24) is 0 Å². The Labute approximate surface area is 122 Å². The van der Waals surface area contributed by atoms with Crippen molar-refractivity contribution in [3.63, 3.8) is 0 Å². The number of aliphatic carboxylic acids is 1. The summed E-state index contributed by atoms with van der Waals surface area (Å²) < 4.78 is 13.8. The van der Waals surface area contributed by atoms with Crippen molar-refractivity contribution < 1.29 is 14.3 Å². The number of carboxylic acid groups (broad SMARTS) is 1. The summed E-state index contributed by atoms with van der Waals surface area (Å²) in [6.07, 6.45) is 0.0218. The molecule has 0 fully saturated rings. The van der Waals surface area contributed by atoms with Crippen LogP contribution in [0.5, 0.6) is 0 Å². The molecule has 0 aliphatic carbocycles. The summed E-state index contributed by atoms with van der Waals surface area (Å²) in [6, 6.07) is 5.26. The molecule has 3 nitrogen and oxygen atoms in total. The van der Waals surface area contributed by atoms with Crippen LogP contribution in [0.3, 0.4) is 0 Å². The van der Waals surface area contributed by atoms with Crippen molar-refractivity contribution in [3.05, 3.63) is 52.5 Å². The van der Waals surface area contributed by atoms with E-state index in [1.54, 1.807) is 19.1 Å². The van der Waals surface area contributed by atoms with Crippen molar-refractivity contribution >= 4 is 23.3 Å². The predicted octanol–water partition coefficient (Wildman–Crippen LogP) is 4.38. The molecule has 108 valence electrons. The largest absolute Gasteiger partial charge is 0.481 e. The summed E-state index contributed by atoms with van der Waals surface area (Å²) in [7, 11) is 0. The van der Waals surface area contributed by atoms with Crippen LogP contribution < -0.4 is 5.32 Å². The molecule has 0 bridgehead atoms. The number of hydrogen-bond donors (Lipinski definition) is 2. The van der Waals surface area contributed by atoms with Gasteiger partial charge in [0.05, 0.1) is 17.2 Å². The van der Waals surface area contributed by atoms with E-state index in [9.17, 15) is 9.18 Å². The van der Waals surface area contributed by atoms with Gasteiger partial charge in [0.2, 0.25) is 0 Å². The zero-order chi connectivity index (χ0) is 15.3. The van der Waals surface area contributed by atoms with Gasteiger partial charge in [0.15, 0.2) is 0 Å². The average molecular weight is 298 g/mol. The molecule has 5 heteroatoms. The zero-order valence-electron chi connectivity index (χ0n) is 11.5. The first-order chi connectivity index (χ1) is 9.35. The highest BCUT2D eigenvalue weighted by molar-refractivity contribution is 6.31. The van der Waals surface area contributed by atoms with Crippen molar-refractivity contribution in [2.24, 2.45) is 0 Å². The van der Waals surface area contributed by atoms with E-state index < -0.39 is 11.8 Å². The van der Waals surface area contributed by atoms with Gasteiger partial charge in [0.1, 0.15) is 5.83 Å². The Morgan fingerprint density at radius 3 is 2.65 bits per heavy atom. The molecular formula is C15H17ClFNO2. The maximum atomic E-state index is 13.8. The van der Waals surface area contributed by atoms with Crippen molar-refractivity contribution in [1.29, 1.82) is 0 Å². The number of benzene rings is 1. The number of carboxylic acids is 1. The Morgan fingerprint density at radius 2 is 2.15 bits per heavy atom. The molecule has 1 rings (SSSR count). The van der Waals surface area contributed by atoms with Gasteiger partial charge in [-0.1, -0.05) is 42.8 Å². The van der Waals surface area contributed by atoms with E-state index in [4.69, 9.17) is 16.7 Å². The number of carbonyl (C=O) groups is 1. The molecule has 0 saturated heterocycles. The predicted molar refractivity (Wildman–Crippen MR) is 79.6 cm³/mol. The topological polar surface area (TPSA) is 49.3 Å². The van der Waals surface area contributed by atoms with Gasteiger partial charge in [-0.15, -0.1) is 0 Å². The summed E-state index contributed by atoms with van der Waals surface area (Å²) in [5, 5.41) is 11.8. The van der Waals surface area contributed by atoms with Crippen molar-refractivity contribution in [3.8, 4) is 0 Å². The van der Waals surface area contributed by atoms with Gasteiger partial charge in [0.25, 0.3) is 0 Å². The summed E-state index contributed by atoms with van der Waals surface area (Å²) in [5.74, 6) is -1.38. The van der Waals surface area contributed by atoms with E-state index in [1.807, 2.05) is 13.0 Å². The SMILES string of the molecule is C=C(Cl)/C(Nc1ccc(C)cc1CC(=O)O)=C(/F)CC. The van der Waals surface area contributed by atoms with Crippen LogP contribution in [0.15, 0.2) is 41.3 Å². The van der Waals surface area contributed by atoms with Gasteiger partial charge in [-0.3, -0.25) is 4.79 Å². The highest BCUT2D eigenvalue weighted by atomic mass is 35.5. The van der Waals surface area contributed by atoms with Crippen LogP contribution in [0.1, 0.15) is 24.5 Å². The second-order valence-electron chi connectivity index (χ2n) is 4.39. The minimum absolute atomic E-state index is 0.0474. The van der Waals surface area contributed by atoms with Gasteiger partial charge >= 0.3 is 5.97 Å². The van der Waals surface area contributed by atoms with Crippen LogP contribution in [-0.2, 0) is 11.2 Å². The van der Waals surface area contributed by atoms with Gasteiger partial charge in [0, 0.05) is 5.69 Å². The van der Waals surface area contributed by atoms with Gasteiger partial charge < -0.3 is 10.4 Å². The van der Waals surface area contributed by atoms with Gasteiger partial charge in [-0.2, -0.15) is 0 Å². The Balaban J connectivity index is 3.19. The molecule has 0 aliphatic rings. The molecule has 1 aromatic carbocycles. The van der Waals surface area contributed by atoms with Crippen LogP contribution in [-0.4, -0.2) is 11.1 Å². The number of allylic oxidation sites excluding steroid dienone is 2. The second-order valence-corrected chi connectivity index (χ2v) is 4.85. The van der Waals surface area contributed by atoms with Crippen LogP contribution in [0.2, 0.25) is 0 Å². The lowest BCUT2D eigenvalue weighted by molar-refractivity contribution is -0.136. The Kier molecular flexibility index (Phi) is 5.77. The number of anilines is 1. The minimum Gasteiger partial charge on any atom is -0.481 e. The second kappa shape index (κ2) is 7.10. The first-order valence-electron chi connectivity index (χ1n) is 6.17. The fraction of sp³-hybridized carbons (Fsp3) is 0.267. The number of aryl methyl sites for hydroxylation is 1. The average Bonchev–Trinajstić information content (AvgIpc) is 2.36. The number of rotatable bonds is 6. The zero-order valence-corrected chi connectivity index (χ0v) is 12.2. The third-order valence-corrected chi connectivity index (χ3v) is 2.90. The fourth-order valence-electron chi connectivity index (χ4n) is 1.75. The first kappa shape index (κ1) is 16.2. The van der Waals surface area contributed by atoms with E-state index in [1.165, 1.54) is 0 Å². The van der Waals surface area contributed by atoms with Gasteiger partial charge in [-0.05, 0) is 25.0 Å². The van der Waals surface area contributed by atoms with Crippen LogP contribution in [0.4, 0.5) is 10.1 Å². The standard InChI is InChI=1S/C15H17ClFNO2/c1-4-12(17)15(10(3)16)18-13-6-5-9(2)7-11(13)8-14(19)20/h5-7,18H,3-4,8H2,1-2H3,(H,19,20)/b15-12-. The normalized spacial score (nSPS) is 11.8. The van der Waals surface area contributed by atoms with Crippen LogP contribution in [0.25, 0.3) is 0 Å². The third-order valence-electron chi connectivity index (χ3n) is 2.72. The van der Waals surface area contributed by atoms with Crippen molar-refractivity contribution in [2.45, 2.75) is 26.7 Å². The number of nitrogens with one attached hydrogen (secondary N) is 1. The Morgan fingerprint density at radius 1 is 1.50 bits per heavy atom. The number of halogens is 2. The molecule has 0 atom stereocenters. The lowest BCUT2D eigenvalue weighted by atomic mass is 10.1. The summed E-state index contributed by atoms with van der Waals surface area (Å²) in [6.45, 7) is 7.03. The molecular weight excluding hydrogens is 281 g/mol. The highest BCUT2D eigenvalue weighted by Crippen LogP contribution is 2.26. The van der Waals surface area contributed by atoms with Gasteiger partial charge in [-0.25, -0.2) is 4.39 Å². The lowest BCUT2D eigenvalue weighted by Gasteiger charge is -2.15. The monoisotopic (exact) mass is 297 g/mol. The van der Waals surface area contributed by atoms with E-state index in [-0.39, 0.29) is 23.6 Å². The summed E-state index contributed by atoms with van der Waals surface area (Å²) in [5.41, 5.74) is 2.10. The first-order valence-corrected chi connectivity index (χ1v) is 6.54. The van der Waals surface area contributed by atoms with Crippen LogP contribution >= 0.6 is 11.6 Å². The Bertz CT molecular complexity index is 567. The van der Waals surface area contributed by atoms with Crippen LogP contribution in [0, 0.1) is 6.92 Å². The molecule has 0 heterocycles. The molecule has 0 saturated carbocycles. The van der Waals surface area contributed by atoms with E-state index in [0.717, 1.165) is 5.56 Å². The lowest BCUT2D eigenvalue weighted by Crippen LogP contribution is -2.08. The molecule has 0 aliphatic heterocycles. The molecule has 0 amide bonds. The summed E-state index contributed by atoms with van der Waals surface area (Å²) in [4.78, 5) is 10.9. The molecule has 20 heavy (non-hydrogen) atoms. The smallest absolute Gasteiger partial charge is 0.307 e. The van der Waals surface area contributed by atoms with E-state index >= 15 is 0 Å². The fourth-order valence-corrected chi connectivity index (χ4v) is 1.90. The number of hydrogen-bond acceptors (Lipinski definition) is 2. The maximum absolute atomic E-state index is 13.8. The highest BCUT2D eigenvalue weighted by Gasteiger charge is 2.12. The van der Waals surface area contributed by atoms with E-state index in [2.05, 4.69) is 11.9 Å². The Hall–Kier alpha value is -1.81. The van der Waals surface area contributed by atoms with E-state index in [0.29, 0.717) is 11.3 Å². The van der Waals surface area contributed by atoms with Crippen molar-refractivity contribution in [2.75, 3.05) is 5.32 Å². The molecule has 1 aromatic rings. The summed E-state index contributed by atoms with van der Waals surface area (Å²) >= 11 is 5.79. The quantitative estimate of drug-likeness (QED) is 0.766. The minimum atomic E-state index is -0.954. The third kappa shape index (κ3) is 4.38. The molecule has 0 unspecified atom stereocenters. The molecule has 0 radical (unpaired) electrons.